The molecular weight excluding hydrogens is 248 g/mol. The van der Waals surface area contributed by atoms with Gasteiger partial charge in [0.1, 0.15) is 5.65 Å². The molecule has 0 aliphatic heterocycles. The molecule has 0 amide bonds. The number of aromatic nitrogens is 2. The summed E-state index contributed by atoms with van der Waals surface area (Å²) in [6.07, 6.45) is 4.40. The van der Waals surface area contributed by atoms with Crippen molar-refractivity contribution in [1.82, 2.24) is 14.7 Å². The van der Waals surface area contributed by atoms with Crippen LogP contribution in [0.4, 0.5) is 5.82 Å². The Morgan fingerprint density at radius 1 is 1.20 bits per heavy atom. The smallest absolute Gasteiger partial charge is 0.152 e. The number of hydrogen-bond donors (Lipinski definition) is 1. The highest BCUT2D eigenvalue weighted by Crippen LogP contribution is 2.22. The fourth-order valence-corrected chi connectivity index (χ4v) is 2.52. The van der Waals surface area contributed by atoms with Crippen molar-refractivity contribution in [3.8, 4) is 0 Å². The van der Waals surface area contributed by atoms with Crippen LogP contribution in [0.2, 0.25) is 0 Å². The standard InChI is InChI=1S/C16H26N4/c1-4-10-17-13-14-16(19(6-3)11-5-2)18-15-9-7-8-12-20(14)15/h7-9,12,17H,4-6,10-11,13H2,1-3H3. The van der Waals surface area contributed by atoms with Crippen molar-refractivity contribution in [1.29, 1.82) is 0 Å². The second-order valence-corrected chi connectivity index (χ2v) is 5.07. The fourth-order valence-electron chi connectivity index (χ4n) is 2.52. The molecule has 0 aliphatic carbocycles. The predicted molar refractivity (Wildman–Crippen MR) is 85.4 cm³/mol. The highest BCUT2D eigenvalue weighted by molar-refractivity contribution is 5.55. The molecule has 0 saturated carbocycles. The summed E-state index contributed by atoms with van der Waals surface area (Å²) in [5, 5.41) is 3.50. The predicted octanol–water partition coefficient (Wildman–Crippen LogP) is 3.07. The van der Waals surface area contributed by atoms with Gasteiger partial charge in [0.2, 0.25) is 0 Å². The average Bonchev–Trinajstić information content (AvgIpc) is 2.84. The third kappa shape index (κ3) is 3.12. The van der Waals surface area contributed by atoms with E-state index in [1.54, 1.807) is 0 Å². The Balaban J connectivity index is 2.37. The largest absolute Gasteiger partial charge is 0.355 e. The van der Waals surface area contributed by atoms with Gasteiger partial charge in [0, 0.05) is 25.8 Å². The molecule has 4 nitrogen and oxygen atoms in total. The summed E-state index contributed by atoms with van der Waals surface area (Å²) in [6.45, 7) is 10.6. The molecule has 110 valence electrons. The second kappa shape index (κ2) is 7.29. The molecule has 1 N–H and O–H groups in total. The zero-order chi connectivity index (χ0) is 14.4. The summed E-state index contributed by atoms with van der Waals surface area (Å²) in [4.78, 5) is 7.20. The van der Waals surface area contributed by atoms with Gasteiger partial charge in [-0.3, -0.25) is 0 Å². The van der Waals surface area contributed by atoms with Gasteiger partial charge in [0.15, 0.2) is 5.82 Å². The lowest BCUT2D eigenvalue weighted by molar-refractivity contribution is 0.656. The Kier molecular flexibility index (Phi) is 5.41. The van der Waals surface area contributed by atoms with E-state index in [-0.39, 0.29) is 0 Å². The van der Waals surface area contributed by atoms with Gasteiger partial charge in [-0.2, -0.15) is 0 Å². The molecule has 2 aromatic heterocycles. The van der Waals surface area contributed by atoms with Crippen LogP contribution >= 0.6 is 0 Å². The highest BCUT2D eigenvalue weighted by atomic mass is 15.2. The van der Waals surface area contributed by atoms with Crippen molar-refractivity contribution >= 4 is 11.5 Å². The van der Waals surface area contributed by atoms with E-state index in [1.807, 2.05) is 6.07 Å². The molecule has 0 aliphatic rings. The molecule has 2 heterocycles. The van der Waals surface area contributed by atoms with Crippen LogP contribution in [-0.4, -0.2) is 29.0 Å². The molecule has 20 heavy (non-hydrogen) atoms. The maximum atomic E-state index is 4.83. The van der Waals surface area contributed by atoms with E-state index >= 15 is 0 Å². The molecule has 0 aromatic carbocycles. The lowest BCUT2D eigenvalue weighted by Crippen LogP contribution is -2.26. The summed E-state index contributed by atoms with van der Waals surface area (Å²) < 4.78 is 2.20. The average molecular weight is 274 g/mol. The summed E-state index contributed by atoms with van der Waals surface area (Å²) >= 11 is 0. The van der Waals surface area contributed by atoms with Crippen LogP contribution in [0.1, 0.15) is 39.3 Å². The van der Waals surface area contributed by atoms with E-state index in [0.717, 1.165) is 50.5 Å². The zero-order valence-corrected chi connectivity index (χ0v) is 12.9. The number of rotatable bonds is 8. The molecule has 0 spiro atoms. The van der Waals surface area contributed by atoms with Gasteiger partial charge in [-0.25, -0.2) is 4.98 Å². The van der Waals surface area contributed by atoms with Crippen molar-refractivity contribution in [2.45, 2.75) is 40.2 Å². The lowest BCUT2D eigenvalue weighted by Gasteiger charge is -2.21. The number of imidazole rings is 1. The van der Waals surface area contributed by atoms with Crippen molar-refractivity contribution < 1.29 is 0 Å². The number of hydrogen-bond acceptors (Lipinski definition) is 3. The van der Waals surface area contributed by atoms with Gasteiger partial charge in [-0.15, -0.1) is 0 Å². The summed E-state index contributed by atoms with van der Waals surface area (Å²) in [6, 6.07) is 6.19. The third-order valence-corrected chi connectivity index (χ3v) is 3.50. The summed E-state index contributed by atoms with van der Waals surface area (Å²) in [5.74, 6) is 1.13. The van der Waals surface area contributed by atoms with E-state index < -0.39 is 0 Å². The quantitative estimate of drug-likeness (QED) is 0.751. The number of anilines is 1. The fraction of sp³-hybridized carbons (Fsp3) is 0.562. The lowest BCUT2D eigenvalue weighted by atomic mass is 10.3. The van der Waals surface area contributed by atoms with Crippen molar-refractivity contribution in [2.24, 2.45) is 0 Å². The van der Waals surface area contributed by atoms with E-state index in [1.165, 1.54) is 5.69 Å². The maximum absolute atomic E-state index is 4.83. The Morgan fingerprint density at radius 3 is 2.75 bits per heavy atom. The number of pyridine rings is 1. The minimum Gasteiger partial charge on any atom is -0.355 e. The molecule has 0 saturated heterocycles. The molecule has 0 unspecified atom stereocenters. The summed E-state index contributed by atoms with van der Waals surface area (Å²) in [5.41, 5.74) is 2.30. The molecule has 0 atom stereocenters. The van der Waals surface area contributed by atoms with Crippen LogP contribution in [0.3, 0.4) is 0 Å². The van der Waals surface area contributed by atoms with Crippen LogP contribution in [0.25, 0.3) is 5.65 Å². The second-order valence-electron chi connectivity index (χ2n) is 5.07. The Hall–Kier alpha value is -1.55. The van der Waals surface area contributed by atoms with Crippen LogP contribution in [0.5, 0.6) is 0 Å². The third-order valence-electron chi connectivity index (χ3n) is 3.50. The first-order chi connectivity index (χ1) is 9.81. The van der Waals surface area contributed by atoms with E-state index in [9.17, 15) is 0 Å². The van der Waals surface area contributed by atoms with Crippen LogP contribution in [-0.2, 0) is 6.54 Å². The minimum absolute atomic E-state index is 0.870. The molecule has 0 radical (unpaired) electrons. The van der Waals surface area contributed by atoms with E-state index in [4.69, 9.17) is 4.98 Å². The number of fused-ring (bicyclic) bond motifs is 1. The first-order valence-corrected chi connectivity index (χ1v) is 7.73. The molecule has 2 aromatic rings. The molecular formula is C16H26N4. The molecule has 0 fully saturated rings. The van der Waals surface area contributed by atoms with Gasteiger partial charge < -0.3 is 14.6 Å². The Labute approximate surface area is 121 Å². The summed E-state index contributed by atoms with van der Waals surface area (Å²) in [7, 11) is 0. The number of nitrogens with zero attached hydrogens (tertiary/aromatic N) is 3. The Morgan fingerprint density at radius 2 is 2.05 bits per heavy atom. The normalized spacial score (nSPS) is 11.2. The van der Waals surface area contributed by atoms with Crippen LogP contribution in [0.15, 0.2) is 24.4 Å². The van der Waals surface area contributed by atoms with Crippen molar-refractivity contribution in [3.63, 3.8) is 0 Å². The van der Waals surface area contributed by atoms with Gasteiger partial charge in [-0.05, 0) is 38.4 Å². The number of nitrogens with one attached hydrogen (secondary N) is 1. The van der Waals surface area contributed by atoms with Gasteiger partial charge in [-0.1, -0.05) is 19.9 Å². The van der Waals surface area contributed by atoms with E-state index in [0.29, 0.717) is 0 Å². The first kappa shape index (κ1) is 14.9. The molecule has 4 heteroatoms. The maximum Gasteiger partial charge on any atom is 0.152 e. The van der Waals surface area contributed by atoms with Gasteiger partial charge in [0.25, 0.3) is 0 Å². The molecule has 2 rings (SSSR count). The topological polar surface area (TPSA) is 32.6 Å². The first-order valence-electron chi connectivity index (χ1n) is 7.73. The van der Waals surface area contributed by atoms with Crippen molar-refractivity contribution in [2.75, 3.05) is 24.5 Å². The highest BCUT2D eigenvalue weighted by Gasteiger charge is 2.16. The van der Waals surface area contributed by atoms with Gasteiger partial charge in [0.05, 0.1) is 5.69 Å². The Bertz CT molecular complexity index is 532. The van der Waals surface area contributed by atoms with E-state index in [2.05, 4.69) is 53.7 Å². The zero-order valence-electron chi connectivity index (χ0n) is 12.9. The molecule has 0 bridgehead atoms. The monoisotopic (exact) mass is 274 g/mol. The van der Waals surface area contributed by atoms with Gasteiger partial charge >= 0.3 is 0 Å². The van der Waals surface area contributed by atoms with Crippen LogP contribution in [0, 0.1) is 0 Å². The minimum atomic E-state index is 0.870. The van der Waals surface area contributed by atoms with Crippen LogP contribution < -0.4 is 10.2 Å². The van der Waals surface area contributed by atoms with Crippen molar-refractivity contribution in [3.05, 3.63) is 30.1 Å². The SMILES string of the molecule is CCCNCc1c(N(CC)CCC)nc2ccccn12.